The summed E-state index contributed by atoms with van der Waals surface area (Å²) in [5.41, 5.74) is 8.98. The van der Waals surface area contributed by atoms with Crippen LogP contribution in [-0.4, -0.2) is 36.9 Å². The summed E-state index contributed by atoms with van der Waals surface area (Å²) in [7, 11) is 0. The van der Waals surface area contributed by atoms with Gasteiger partial charge in [-0.15, -0.1) is 5.10 Å². The molecule has 31 heavy (non-hydrogen) atoms. The van der Waals surface area contributed by atoms with Crippen molar-refractivity contribution in [2.45, 2.75) is 6.92 Å². The van der Waals surface area contributed by atoms with E-state index in [1.54, 1.807) is 30.3 Å². The minimum Gasteiger partial charge on any atom is -0.378 e. The first kappa shape index (κ1) is 19.8. The molecule has 4 rings (SSSR count). The Bertz CT molecular complexity index is 1280. The molecule has 1 amide bonds. The first-order chi connectivity index (χ1) is 15.0. The van der Waals surface area contributed by atoms with Crippen molar-refractivity contribution in [3.05, 3.63) is 71.4 Å². The number of anilines is 1. The number of aromatic nitrogens is 5. The molecular formula is C19H14F2N8O2. The van der Waals surface area contributed by atoms with E-state index in [-0.39, 0.29) is 34.3 Å². The third-order valence-electron chi connectivity index (χ3n) is 4.27. The highest BCUT2D eigenvalue weighted by Crippen LogP contribution is 2.26. The Labute approximate surface area is 173 Å². The number of nitrogens with zero attached hydrogens (tertiary/aromatic N) is 6. The number of rotatable bonds is 5. The number of nitrogens with two attached hydrogens (primary N) is 1. The quantitative estimate of drug-likeness (QED) is 0.370. The fourth-order valence-corrected chi connectivity index (χ4v) is 2.81. The summed E-state index contributed by atoms with van der Waals surface area (Å²) < 4.78 is 32.9. The maximum absolute atomic E-state index is 13.9. The van der Waals surface area contributed by atoms with Crippen molar-refractivity contribution in [3.63, 3.8) is 0 Å². The zero-order valence-electron chi connectivity index (χ0n) is 16.0. The SMILES string of the molecule is C/C(=N\NC(=O)c1nnn(-c2nonc2N)c1-c1ccccc1)c1ccc(F)cc1F. The van der Waals surface area contributed by atoms with E-state index < -0.39 is 17.5 Å². The minimum atomic E-state index is -0.805. The number of carbonyl (C=O) groups is 1. The zero-order chi connectivity index (χ0) is 22.0. The number of nitrogen functional groups attached to an aromatic ring is 1. The van der Waals surface area contributed by atoms with E-state index in [9.17, 15) is 13.6 Å². The average molecular weight is 424 g/mol. The van der Waals surface area contributed by atoms with E-state index in [0.717, 1.165) is 12.1 Å². The summed E-state index contributed by atoms with van der Waals surface area (Å²) in [5.74, 6) is -2.24. The van der Waals surface area contributed by atoms with Gasteiger partial charge in [-0.2, -0.15) is 9.78 Å². The second kappa shape index (κ2) is 8.10. The number of hydrogen-bond donors (Lipinski definition) is 2. The molecule has 2 heterocycles. The Morgan fingerprint density at radius 3 is 2.61 bits per heavy atom. The molecule has 12 heteroatoms. The molecule has 156 valence electrons. The maximum Gasteiger partial charge on any atom is 0.294 e. The summed E-state index contributed by atoms with van der Waals surface area (Å²) in [6, 6.07) is 11.8. The molecule has 0 aliphatic heterocycles. The van der Waals surface area contributed by atoms with Crippen molar-refractivity contribution in [2.75, 3.05) is 5.73 Å². The Balaban J connectivity index is 1.70. The molecule has 0 atom stereocenters. The van der Waals surface area contributed by atoms with Crippen LogP contribution in [0, 0.1) is 11.6 Å². The number of nitrogens with one attached hydrogen (secondary N) is 1. The summed E-state index contributed by atoms with van der Waals surface area (Å²) >= 11 is 0. The van der Waals surface area contributed by atoms with Crippen LogP contribution >= 0.6 is 0 Å². The van der Waals surface area contributed by atoms with E-state index in [2.05, 4.69) is 35.8 Å². The monoisotopic (exact) mass is 424 g/mol. The lowest BCUT2D eigenvalue weighted by atomic mass is 10.1. The Morgan fingerprint density at radius 1 is 1.16 bits per heavy atom. The average Bonchev–Trinajstić information content (AvgIpc) is 3.38. The first-order valence-electron chi connectivity index (χ1n) is 8.85. The lowest BCUT2D eigenvalue weighted by Gasteiger charge is -2.06. The molecule has 0 spiro atoms. The molecule has 2 aromatic carbocycles. The second-order valence-electron chi connectivity index (χ2n) is 6.30. The lowest BCUT2D eigenvalue weighted by molar-refractivity contribution is 0.0950. The van der Waals surface area contributed by atoms with E-state index in [1.165, 1.54) is 17.7 Å². The third kappa shape index (κ3) is 3.85. The number of hydrazone groups is 1. The summed E-state index contributed by atoms with van der Waals surface area (Å²) in [6.45, 7) is 1.47. The van der Waals surface area contributed by atoms with Crippen LogP contribution < -0.4 is 11.2 Å². The molecule has 0 saturated carbocycles. The number of carbonyl (C=O) groups excluding carboxylic acids is 1. The molecule has 2 aromatic heterocycles. The zero-order valence-corrected chi connectivity index (χ0v) is 16.0. The van der Waals surface area contributed by atoms with Crippen molar-refractivity contribution in [3.8, 4) is 17.1 Å². The molecule has 0 aliphatic rings. The molecular weight excluding hydrogens is 410 g/mol. The normalized spacial score (nSPS) is 11.5. The third-order valence-corrected chi connectivity index (χ3v) is 4.27. The Kier molecular flexibility index (Phi) is 5.18. The topological polar surface area (TPSA) is 137 Å². The van der Waals surface area contributed by atoms with Crippen molar-refractivity contribution >= 4 is 17.4 Å². The lowest BCUT2D eigenvalue weighted by Crippen LogP contribution is -2.21. The molecule has 4 aromatic rings. The molecule has 0 radical (unpaired) electrons. The second-order valence-corrected chi connectivity index (χ2v) is 6.30. The van der Waals surface area contributed by atoms with E-state index in [0.29, 0.717) is 5.56 Å². The molecule has 0 saturated heterocycles. The predicted octanol–water partition coefficient (Wildman–Crippen LogP) is 2.33. The maximum atomic E-state index is 13.9. The van der Waals surface area contributed by atoms with Crippen LogP contribution in [0.5, 0.6) is 0 Å². The molecule has 3 N–H and O–H groups in total. The van der Waals surface area contributed by atoms with Gasteiger partial charge < -0.3 is 5.73 Å². The van der Waals surface area contributed by atoms with Gasteiger partial charge in [0.15, 0.2) is 5.69 Å². The first-order valence-corrected chi connectivity index (χ1v) is 8.85. The highest BCUT2D eigenvalue weighted by molar-refractivity contribution is 6.02. The summed E-state index contributed by atoms with van der Waals surface area (Å²) in [6.07, 6.45) is 0. The van der Waals surface area contributed by atoms with Crippen LogP contribution in [0.2, 0.25) is 0 Å². The van der Waals surface area contributed by atoms with Gasteiger partial charge in [0.2, 0.25) is 11.6 Å². The van der Waals surface area contributed by atoms with Crippen LogP contribution in [0.4, 0.5) is 14.6 Å². The van der Waals surface area contributed by atoms with Crippen molar-refractivity contribution < 1.29 is 18.2 Å². The van der Waals surface area contributed by atoms with Gasteiger partial charge in [0.25, 0.3) is 5.91 Å². The largest absolute Gasteiger partial charge is 0.378 e. The van der Waals surface area contributed by atoms with Gasteiger partial charge in [-0.3, -0.25) is 4.79 Å². The van der Waals surface area contributed by atoms with Gasteiger partial charge in [-0.05, 0) is 29.4 Å². The van der Waals surface area contributed by atoms with E-state index in [4.69, 9.17) is 5.73 Å². The molecule has 10 nitrogen and oxygen atoms in total. The molecule has 0 bridgehead atoms. The van der Waals surface area contributed by atoms with Gasteiger partial charge in [-0.1, -0.05) is 35.5 Å². The van der Waals surface area contributed by atoms with Crippen LogP contribution in [0.15, 0.2) is 58.3 Å². The van der Waals surface area contributed by atoms with Crippen LogP contribution in [-0.2, 0) is 0 Å². The fraction of sp³-hybridized carbons (Fsp3) is 0.0526. The standard InChI is InChI=1S/C19H14F2N8O2/c1-10(13-8-7-12(20)9-14(13)21)23-25-19(30)15-16(11-5-3-2-4-6-11)29(28-24-15)18-17(22)26-31-27-18/h2-9H,1H3,(H2,22,26)(H,25,30)/b23-10+. The van der Waals surface area contributed by atoms with Crippen molar-refractivity contribution in [1.82, 2.24) is 30.7 Å². The smallest absolute Gasteiger partial charge is 0.294 e. The predicted molar refractivity (Wildman–Crippen MR) is 105 cm³/mol. The number of amides is 1. The minimum absolute atomic E-state index is 0.0371. The summed E-state index contributed by atoms with van der Waals surface area (Å²) in [4.78, 5) is 12.8. The van der Waals surface area contributed by atoms with Gasteiger partial charge in [0, 0.05) is 17.2 Å². The number of hydrogen-bond acceptors (Lipinski definition) is 8. The Morgan fingerprint density at radius 2 is 1.94 bits per heavy atom. The van der Waals surface area contributed by atoms with E-state index >= 15 is 0 Å². The van der Waals surface area contributed by atoms with Gasteiger partial charge >= 0.3 is 0 Å². The van der Waals surface area contributed by atoms with Crippen molar-refractivity contribution in [1.29, 1.82) is 0 Å². The van der Waals surface area contributed by atoms with Gasteiger partial charge in [-0.25, -0.2) is 18.8 Å². The highest BCUT2D eigenvalue weighted by Gasteiger charge is 2.25. The highest BCUT2D eigenvalue weighted by atomic mass is 19.1. The van der Waals surface area contributed by atoms with Crippen LogP contribution in [0.1, 0.15) is 23.0 Å². The van der Waals surface area contributed by atoms with Gasteiger partial charge in [0.1, 0.15) is 17.3 Å². The number of benzene rings is 2. The van der Waals surface area contributed by atoms with Gasteiger partial charge in [0.05, 0.1) is 5.71 Å². The molecule has 0 aliphatic carbocycles. The van der Waals surface area contributed by atoms with Crippen LogP contribution in [0.25, 0.3) is 17.1 Å². The summed E-state index contributed by atoms with van der Waals surface area (Å²) in [5, 5.41) is 18.9. The fourth-order valence-electron chi connectivity index (χ4n) is 2.81. The van der Waals surface area contributed by atoms with Crippen molar-refractivity contribution in [2.24, 2.45) is 5.10 Å². The Hall–Kier alpha value is -4.48. The number of halogens is 2. The van der Waals surface area contributed by atoms with E-state index in [1.807, 2.05) is 0 Å². The van der Waals surface area contributed by atoms with Crippen LogP contribution in [0.3, 0.4) is 0 Å². The molecule has 0 unspecified atom stereocenters. The molecule has 0 fully saturated rings.